The molecule has 1 heterocycles. The van der Waals surface area contributed by atoms with Crippen LogP contribution in [0.2, 0.25) is 0 Å². The summed E-state index contributed by atoms with van der Waals surface area (Å²) in [5.41, 5.74) is 4.29. The third kappa shape index (κ3) is 2.93. The summed E-state index contributed by atoms with van der Waals surface area (Å²) in [4.78, 5) is 12.2. The van der Waals surface area contributed by atoms with Crippen molar-refractivity contribution in [3.63, 3.8) is 0 Å². The predicted octanol–water partition coefficient (Wildman–Crippen LogP) is 1.62. The maximum atomic E-state index is 13.0. The molecule has 24 heavy (non-hydrogen) atoms. The van der Waals surface area contributed by atoms with Crippen molar-refractivity contribution in [3.8, 4) is 0 Å². The first-order chi connectivity index (χ1) is 11.4. The molecule has 0 radical (unpaired) electrons. The van der Waals surface area contributed by atoms with Gasteiger partial charge in [-0.05, 0) is 36.6 Å². The van der Waals surface area contributed by atoms with Crippen LogP contribution in [0, 0.1) is 6.92 Å². The molecule has 1 atom stereocenters. The summed E-state index contributed by atoms with van der Waals surface area (Å²) in [6.45, 7) is 1.96. The minimum absolute atomic E-state index is 0.0878. The van der Waals surface area contributed by atoms with Gasteiger partial charge < -0.3 is 0 Å². The number of fused-ring (bicyclic) bond motifs is 1. The molecule has 0 spiro atoms. The van der Waals surface area contributed by atoms with Crippen LogP contribution in [0.1, 0.15) is 16.7 Å². The highest BCUT2D eigenvalue weighted by atomic mass is 32.2. The van der Waals surface area contributed by atoms with Crippen LogP contribution >= 0.6 is 0 Å². The molecule has 1 amide bonds. The average molecular weight is 346 g/mol. The summed E-state index contributed by atoms with van der Waals surface area (Å²) in [7, 11) is -3.86. The number of carbonyl (C=O) groups is 1. The van der Waals surface area contributed by atoms with Gasteiger partial charge in [0.15, 0.2) is 0 Å². The first kappa shape index (κ1) is 16.6. The molecule has 0 aliphatic carbocycles. The largest absolute Gasteiger partial charge is 0.289 e. The van der Waals surface area contributed by atoms with Crippen molar-refractivity contribution < 1.29 is 18.4 Å². The molecular formula is C17H18N2O4S. The van der Waals surface area contributed by atoms with E-state index in [1.807, 2.05) is 31.2 Å². The zero-order chi connectivity index (χ0) is 17.3. The highest BCUT2D eigenvalue weighted by molar-refractivity contribution is 7.89. The number of benzene rings is 2. The van der Waals surface area contributed by atoms with Crippen LogP contribution in [0.25, 0.3) is 0 Å². The molecule has 1 aliphatic rings. The smallest absolute Gasteiger partial charge is 0.262 e. The third-order valence-electron chi connectivity index (χ3n) is 4.25. The Morgan fingerprint density at radius 3 is 2.38 bits per heavy atom. The molecule has 3 rings (SSSR count). The van der Waals surface area contributed by atoms with Crippen molar-refractivity contribution >= 4 is 15.9 Å². The van der Waals surface area contributed by atoms with Crippen LogP contribution in [0.5, 0.6) is 0 Å². The Bertz CT molecular complexity index is 862. The van der Waals surface area contributed by atoms with Gasteiger partial charge >= 0.3 is 0 Å². The lowest BCUT2D eigenvalue weighted by Gasteiger charge is -2.34. The van der Waals surface area contributed by atoms with E-state index in [1.54, 1.807) is 17.6 Å². The second-order valence-electron chi connectivity index (χ2n) is 5.83. The van der Waals surface area contributed by atoms with E-state index in [0.29, 0.717) is 0 Å². The molecule has 0 aromatic heterocycles. The van der Waals surface area contributed by atoms with E-state index in [1.165, 1.54) is 12.1 Å². The fraction of sp³-hybridized carbons (Fsp3) is 0.235. The monoisotopic (exact) mass is 346 g/mol. The van der Waals surface area contributed by atoms with E-state index < -0.39 is 22.0 Å². The van der Waals surface area contributed by atoms with Gasteiger partial charge in [-0.1, -0.05) is 42.0 Å². The standard InChI is InChI=1S/C17H18N2O4S/c1-12-6-8-15(9-7-12)24(22,23)19-11-14-5-3-2-4-13(14)10-16(19)17(20)18-21/h2-9,16,21H,10-11H2,1H3,(H,18,20)/t16-/m1/s1. The second-order valence-corrected chi connectivity index (χ2v) is 7.72. The Hall–Kier alpha value is -2.22. The molecule has 0 saturated heterocycles. The van der Waals surface area contributed by atoms with Crippen LogP contribution in [-0.4, -0.2) is 29.9 Å². The number of rotatable bonds is 3. The molecule has 0 fully saturated rings. The Kier molecular flexibility index (Phi) is 4.40. The maximum absolute atomic E-state index is 13.0. The van der Waals surface area contributed by atoms with E-state index in [9.17, 15) is 13.2 Å². The second kappa shape index (κ2) is 6.35. The van der Waals surface area contributed by atoms with E-state index in [4.69, 9.17) is 5.21 Å². The van der Waals surface area contributed by atoms with Crippen LogP contribution in [0.4, 0.5) is 0 Å². The molecule has 126 valence electrons. The first-order valence-electron chi connectivity index (χ1n) is 7.52. The molecule has 1 aliphatic heterocycles. The van der Waals surface area contributed by atoms with Crippen LogP contribution < -0.4 is 5.48 Å². The van der Waals surface area contributed by atoms with Gasteiger partial charge in [-0.25, -0.2) is 13.9 Å². The Labute approximate surface area is 140 Å². The van der Waals surface area contributed by atoms with Gasteiger partial charge in [-0.15, -0.1) is 0 Å². The summed E-state index contributed by atoms with van der Waals surface area (Å²) in [5.74, 6) is -0.736. The number of nitrogens with one attached hydrogen (secondary N) is 1. The number of hydrogen-bond acceptors (Lipinski definition) is 4. The van der Waals surface area contributed by atoms with Crippen molar-refractivity contribution in [2.75, 3.05) is 0 Å². The van der Waals surface area contributed by atoms with E-state index in [-0.39, 0.29) is 17.9 Å². The van der Waals surface area contributed by atoms with Crippen LogP contribution in [0.15, 0.2) is 53.4 Å². The van der Waals surface area contributed by atoms with Gasteiger partial charge in [-0.2, -0.15) is 4.31 Å². The zero-order valence-electron chi connectivity index (χ0n) is 13.1. The minimum Gasteiger partial charge on any atom is -0.289 e. The zero-order valence-corrected chi connectivity index (χ0v) is 14.0. The summed E-state index contributed by atoms with van der Waals surface area (Å²) in [5, 5.41) is 9.00. The van der Waals surface area contributed by atoms with E-state index in [0.717, 1.165) is 21.0 Å². The molecule has 0 unspecified atom stereocenters. The summed E-state index contributed by atoms with van der Waals surface area (Å²) in [6.07, 6.45) is 0.216. The Balaban J connectivity index is 2.05. The summed E-state index contributed by atoms with van der Waals surface area (Å²) >= 11 is 0. The lowest BCUT2D eigenvalue weighted by atomic mass is 9.95. The quantitative estimate of drug-likeness (QED) is 0.653. The molecule has 7 heteroatoms. The fourth-order valence-corrected chi connectivity index (χ4v) is 4.46. The molecule has 2 N–H and O–H groups in total. The molecule has 2 aromatic rings. The number of amides is 1. The van der Waals surface area contributed by atoms with Crippen molar-refractivity contribution in [2.24, 2.45) is 0 Å². The van der Waals surface area contributed by atoms with Gasteiger partial charge in [0.2, 0.25) is 10.0 Å². The molecule has 2 aromatic carbocycles. The highest BCUT2D eigenvalue weighted by Crippen LogP contribution is 2.29. The number of sulfonamides is 1. The minimum atomic E-state index is -3.86. The lowest BCUT2D eigenvalue weighted by Crippen LogP contribution is -2.51. The van der Waals surface area contributed by atoms with Crippen molar-refractivity contribution in [2.45, 2.75) is 30.8 Å². The highest BCUT2D eigenvalue weighted by Gasteiger charge is 2.39. The Morgan fingerprint density at radius 2 is 1.75 bits per heavy atom. The number of hydroxylamine groups is 1. The van der Waals surface area contributed by atoms with E-state index >= 15 is 0 Å². The summed E-state index contributed by atoms with van der Waals surface area (Å²) < 4.78 is 27.2. The Morgan fingerprint density at radius 1 is 1.12 bits per heavy atom. The predicted molar refractivity (Wildman–Crippen MR) is 87.8 cm³/mol. The lowest BCUT2D eigenvalue weighted by molar-refractivity contribution is -0.133. The normalized spacial score (nSPS) is 18.0. The number of nitrogens with zero attached hydrogens (tertiary/aromatic N) is 1. The van der Waals surface area contributed by atoms with Gasteiger partial charge in [0.05, 0.1) is 4.90 Å². The SMILES string of the molecule is Cc1ccc(S(=O)(=O)N2Cc3ccccc3C[C@@H]2C(=O)NO)cc1. The first-order valence-corrected chi connectivity index (χ1v) is 8.97. The number of carbonyl (C=O) groups excluding carboxylic acids is 1. The van der Waals surface area contributed by atoms with Gasteiger partial charge in [0.25, 0.3) is 5.91 Å². The number of hydrogen-bond donors (Lipinski definition) is 2. The fourth-order valence-electron chi connectivity index (χ4n) is 2.90. The molecule has 0 saturated carbocycles. The van der Waals surface area contributed by atoms with E-state index in [2.05, 4.69) is 0 Å². The third-order valence-corrected chi connectivity index (χ3v) is 6.11. The van der Waals surface area contributed by atoms with Gasteiger partial charge in [-0.3, -0.25) is 10.0 Å². The van der Waals surface area contributed by atoms with Gasteiger partial charge in [0, 0.05) is 6.54 Å². The molecule has 0 bridgehead atoms. The summed E-state index contributed by atoms with van der Waals surface area (Å²) in [6, 6.07) is 12.9. The van der Waals surface area contributed by atoms with Crippen LogP contribution in [0.3, 0.4) is 0 Å². The topological polar surface area (TPSA) is 86.7 Å². The van der Waals surface area contributed by atoms with Gasteiger partial charge in [0.1, 0.15) is 6.04 Å². The average Bonchev–Trinajstić information content (AvgIpc) is 2.60. The van der Waals surface area contributed by atoms with Crippen molar-refractivity contribution in [3.05, 3.63) is 65.2 Å². The number of aryl methyl sites for hydroxylation is 1. The molecular weight excluding hydrogens is 328 g/mol. The maximum Gasteiger partial charge on any atom is 0.262 e. The van der Waals surface area contributed by atoms with Crippen LogP contribution in [-0.2, 0) is 27.8 Å². The van der Waals surface area contributed by atoms with Crippen molar-refractivity contribution in [1.82, 2.24) is 9.79 Å². The van der Waals surface area contributed by atoms with Crippen molar-refractivity contribution in [1.29, 1.82) is 0 Å². The molecule has 6 nitrogen and oxygen atoms in total.